The Balaban J connectivity index is 0.00000235. The molecule has 12 nitrogen and oxygen atoms in total. The average molecular weight is 622 g/mol. The Bertz CT molecular complexity index is 1750. The second-order valence-corrected chi connectivity index (χ2v) is 9.29. The summed E-state index contributed by atoms with van der Waals surface area (Å²) in [4.78, 5) is 40.1. The van der Waals surface area contributed by atoms with E-state index in [1.165, 1.54) is 12.1 Å². The summed E-state index contributed by atoms with van der Waals surface area (Å²) in [5.74, 6) is 2.70. The predicted octanol–water partition coefficient (Wildman–Crippen LogP) is 4.40. The molecule has 0 fully saturated rings. The Kier molecular flexibility index (Phi) is 11.8. The SMILES string of the molecule is C#CCOc1cc(C(=O)Nc2cc(OCCN)c3ccccc3n2)nc(C(=O)Nc2cc(OCCN)c3ccccc3n2)c1.CC. The monoisotopic (exact) mass is 621 g/mol. The van der Waals surface area contributed by atoms with E-state index in [0.717, 1.165) is 10.8 Å². The topological polar surface area (TPSA) is 177 Å². The number of carbonyl (C=O) groups is 2. The Morgan fingerprint density at radius 1 is 0.717 bits per heavy atom. The maximum absolute atomic E-state index is 13.4. The van der Waals surface area contributed by atoms with Gasteiger partial charge in [0.25, 0.3) is 11.8 Å². The van der Waals surface area contributed by atoms with Crippen LogP contribution in [0.2, 0.25) is 0 Å². The highest BCUT2D eigenvalue weighted by Crippen LogP contribution is 2.29. The number of ether oxygens (including phenoxy) is 3. The van der Waals surface area contributed by atoms with Gasteiger partial charge in [0.05, 0.1) is 11.0 Å². The Morgan fingerprint density at radius 3 is 1.61 bits per heavy atom. The number of nitrogens with zero attached hydrogens (tertiary/aromatic N) is 3. The highest BCUT2D eigenvalue weighted by Gasteiger charge is 2.19. The molecule has 5 aromatic rings. The van der Waals surface area contributed by atoms with Crippen LogP contribution in [0.4, 0.5) is 11.6 Å². The van der Waals surface area contributed by atoms with Gasteiger partial charge in [-0.3, -0.25) is 9.59 Å². The summed E-state index contributed by atoms with van der Waals surface area (Å²) >= 11 is 0. The zero-order valence-electron chi connectivity index (χ0n) is 25.6. The highest BCUT2D eigenvalue weighted by atomic mass is 16.5. The fourth-order valence-electron chi connectivity index (χ4n) is 4.30. The normalized spacial score (nSPS) is 10.3. The molecule has 3 aromatic heterocycles. The largest absolute Gasteiger partial charge is 0.491 e. The molecule has 0 bridgehead atoms. The number of amides is 2. The molecule has 3 heterocycles. The predicted molar refractivity (Wildman–Crippen MR) is 178 cm³/mol. The van der Waals surface area contributed by atoms with Crippen LogP contribution in [0.1, 0.15) is 34.8 Å². The first-order valence-corrected chi connectivity index (χ1v) is 14.7. The van der Waals surface area contributed by atoms with E-state index < -0.39 is 11.8 Å². The van der Waals surface area contributed by atoms with Gasteiger partial charge in [0.15, 0.2) is 0 Å². The third-order valence-electron chi connectivity index (χ3n) is 6.18. The summed E-state index contributed by atoms with van der Waals surface area (Å²) in [5, 5.41) is 6.97. The first-order valence-electron chi connectivity index (χ1n) is 14.7. The summed E-state index contributed by atoms with van der Waals surface area (Å²) in [6.07, 6.45) is 5.36. The van der Waals surface area contributed by atoms with Gasteiger partial charge in [-0.05, 0) is 24.3 Å². The molecule has 2 aromatic carbocycles. The number of para-hydroxylation sites is 2. The molecule has 6 N–H and O–H groups in total. The number of nitrogens with two attached hydrogens (primary N) is 2. The minimum absolute atomic E-state index is 0.0890. The number of anilines is 2. The van der Waals surface area contributed by atoms with E-state index in [1.807, 2.05) is 50.2 Å². The molecule has 12 heteroatoms. The van der Waals surface area contributed by atoms with E-state index >= 15 is 0 Å². The minimum atomic E-state index is -0.640. The van der Waals surface area contributed by atoms with Crippen LogP contribution in [-0.2, 0) is 0 Å². The Morgan fingerprint density at radius 2 is 1.17 bits per heavy atom. The molecule has 0 atom stereocenters. The second kappa shape index (κ2) is 16.3. The lowest BCUT2D eigenvalue weighted by Gasteiger charge is -2.13. The number of hydrogen-bond acceptors (Lipinski definition) is 10. The minimum Gasteiger partial charge on any atom is -0.491 e. The average Bonchev–Trinajstić information content (AvgIpc) is 3.09. The molecule has 0 aliphatic rings. The molecule has 0 aliphatic carbocycles. The van der Waals surface area contributed by atoms with Gasteiger partial charge < -0.3 is 36.3 Å². The van der Waals surface area contributed by atoms with E-state index in [4.69, 9.17) is 32.1 Å². The van der Waals surface area contributed by atoms with Crippen molar-refractivity contribution < 1.29 is 23.8 Å². The Hall–Kier alpha value is -5.77. The number of aromatic nitrogens is 3. The van der Waals surface area contributed by atoms with Gasteiger partial charge in [0.1, 0.15) is 60.1 Å². The van der Waals surface area contributed by atoms with Gasteiger partial charge in [-0.25, -0.2) is 15.0 Å². The smallest absolute Gasteiger partial charge is 0.275 e. The molecular weight excluding hydrogens is 586 g/mol. The number of benzene rings is 2. The molecule has 0 saturated heterocycles. The third-order valence-corrected chi connectivity index (χ3v) is 6.18. The van der Waals surface area contributed by atoms with E-state index in [1.54, 1.807) is 24.3 Å². The van der Waals surface area contributed by atoms with Crippen LogP contribution in [0.25, 0.3) is 21.8 Å². The van der Waals surface area contributed by atoms with Crippen LogP contribution >= 0.6 is 0 Å². The first kappa shape index (κ1) is 33.1. The van der Waals surface area contributed by atoms with Gasteiger partial charge in [0.2, 0.25) is 0 Å². The van der Waals surface area contributed by atoms with Gasteiger partial charge in [-0.1, -0.05) is 44.0 Å². The molecule has 2 amide bonds. The van der Waals surface area contributed by atoms with Crippen molar-refractivity contribution in [2.75, 3.05) is 43.5 Å². The van der Waals surface area contributed by atoms with Gasteiger partial charge in [-0.2, -0.15) is 0 Å². The number of fused-ring (bicyclic) bond motifs is 2. The van der Waals surface area contributed by atoms with Crippen molar-refractivity contribution >= 4 is 45.3 Å². The molecule has 0 saturated carbocycles. The molecule has 0 radical (unpaired) electrons. The number of nitrogens with one attached hydrogen (secondary N) is 2. The van der Waals surface area contributed by atoms with Crippen molar-refractivity contribution in [2.45, 2.75) is 13.8 Å². The lowest BCUT2D eigenvalue weighted by molar-refractivity contribution is 0.101. The maximum Gasteiger partial charge on any atom is 0.275 e. The standard InChI is InChI=1S/C32H29N7O5.C2H6/c1-2-13-42-20-16-25(31(40)38-29-18-27(43-14-11-33)21-7-3-5-9-23(21)36-29)35-26(17-20)32(41)39-30-19-28(44-15-12-34)22-8-4-6-10-24(22)37-30;1-2/h1,3-10,16-19H,11-15,33-34H2,(H,36,38,40)(H,37,39,41);1-2H3. The van der Waals surface area contributed by atoms with Crippen LogP contribution in [0.3, 0.4) is 0 Å². The Labute approximate surface area is 266 Å². The van der Waals surface area contributed by atoms with Crippen molar-refractivity contribution in [3.8, 4) is 29.6 Å². The fraction of sp³-hybridized carbons (Fsp3) is 0.206. The van der Waals surface area contributed by atoms with Gasteiger partial charge in [0, 0.05) is 48.1 Å². The molecule has 236 valence electrons. The van der Waals surface area contributed by atoms with Gasteiger partial charge in [-0.15, -0.1) is 6.42 Å². The van der Waals surface area contributed by atoms with Crippen molar-refractivity contribution in [3.63, 3.8) is 0 Å². The molecular formula is C34H35N7O5. The van der Waals surface area contributed by atoms with E-state index in [0.29, 0.717) is 35.6 Å². The maximum atomic E-state index is 13.4. The summed E-state index contributed by atoms with van der Waals surface area (Å²) in [6, 6.07) is 20.6. The highest BCUT2D eigenvalue weighted by molar-refractivity contribution is 6.07. The van der Waals surface area contributed by atoms with Crippen LogP contribution in [0, 0.1) is 12.3 Å². The number of pyridine rings is 3. The zero-order valence-corrected chi connectivity index (χ0v) is 25.6. The van der Waals surface area contributed by atoms with E-state index in [9.17, 15) is 9.59 Å². The summed E-state index contributed by atoms with van der Waals surface area (Å²) < 4.78 is 17.1. The summed E-state index contributed by atoms with van der Waals surface area (Å²) in [7, 11) is 0. The number of rotatable bonds is 12. The fourth-order valence-corrected chi connectivity index (χ4v) is 4.30. The van der Waals surface area contributed by atoms with E-state index in [2.05, 4.69) is 31.5 Å². The van der Waals surface area contributed by atoms with Crippen LogP contribution in [0.5, 0.6) is 17.2 Å². The summed E-state index contributed by atoms with van der Waals surface area (Å²) in [6.45, 7) is 5.10. The summed E-state index contributed by atoms with van der Waals surface area (Å²) in [5.41, 5.74) is 12.2. The first-order chi connectivity index (χ1) is 22.5. The molecule has 0 aliphatic heterocycles. The van der Waals surface area contributed by atoms with Crippen molar-refractivity contribution in [2.24, 2.45) is 11.5 Å². The zero-order chi connectivity index (χ0) is 32.9. The molecule has 5 rings (SSSR count). The lowest BCUT2D eigenvalue weighted by atomic mass is 10.2. The molecule has 46 heavy (non-hydrogen) atoms. The van der Waals surface area contributed by atoms with Crippen molar-refractivity contribution in [3.05, 3.63) is 84.2 Å². The molecule has 0 unspecified atom stereocenters. The van der Waals surface area contributed by atoms with Crippen LogP contribution < -0.4 is 36.3 Å². The third kappa shape index (κ3) is 8.23. The van der Waals surface area contributed by atoms with Crippen LogP contribution in [0.15, 0.2) is 72.8 Å². The number of hydrogen-bond donors (Lipinski definition) is 4. The number of carbonyl (C=O) groups excluding carboxylic acids is 2. The number of terminal acetylenes is 1. The quantitative estimate of drug-likeness (QED) is 0.146. The second-order valence-electron chi connectivity index (χ2n) is 9.29. The van der Waals surface area contributed by atoms with E-state index in [-0.39, 0.29) is 48.6 Å². The van der Waals surface area contributed by atoms with Crippen molar-refractivity contribution in [1.82, 2.24) is 15.0 Å². The molecule has 0 spiro atoms. The van der Waals surface area contributed by atoms with Crippen LogP contribution in [-0.4, -0.2) is 59.7 Å². The van der Waals surface area contributed by atoms with Gasteiger partial charge >= 0.3 is 0 Å². The lowest BCUT2D eigenvalue weighted by Crippen LogP contribution is -2.20. The van der Waals surface area contributed by atoms with Crippen molar-refractivity contribution in [1.29, 1.82) is 0 Å².